The highest BCUT2D eigenvalue weighted by Gasteiger charge is 2.39. The average molecular weight is 338 g/mol. The molecule has 1 aromatic carbocycles. The lowest BCUT2D eigenvalue weighted by Crippen LogP contribution is -2.38. The zero-order valence-electron chi connectivity index (χ0n) is 14.1. The molecule has 25 heavy (non-hydrogen) atoms. The molecule has 1 aliphatic carbocycles. The van der Waals surface area contributed by atoms with Crippen molar-refractivity contribution < 1.29 is 9.59 Å². The summed E-state index contributed by atoms with van der Waals surface area (Å²) in [5, 5.41) is 6.84. The molecular formula is C19H22N4O2. The summed E-state index contributed by atoms with van der Waals surface area (Å²) >= 11 is 0. The van der Waals surface area contributed by atoms with Crippen molar-refractivity contribution in [2.45, 2.75) is 31.8 Å². The van der Waals surface area contributed by atoms with Crippen LogP contribution >= 0.6 is 0 Å². The minimum absolute atomic E-state index is 0.203. The van der Waals surface area contributed by atoms with Crippen LogP contribution in [0.1, 0.15) is 24.8 Å². The number of hydrogen-bond donors (Lipinski definition) is 2. The molecule has 130 valence electrons. The molecule has 1 saturated carbocycles. The van der Waals surface area contributed by atoms with Gasteiger partial charge in [0.05, 0.1) is 5.52 Å². The molecule has 1 saturated heterocycles. The molecule has 1 aliphatic heterocycles. The van der Waals surface area contributed by atoms with E-state index in [1.54, 1.807) is 6.20 Å². The summed E-state index contributed by atoms with van der Waals surface area (Å²) in [7, 11) is 0. The van der Waals surface area contributed by atoms with E-state index in [1.807, 2.05) is 35.2 Å². The second kappa shape index (κ2) is 6.70. The first-order chi connectivity index (χ1) is 12.2. The van der Waals surface area contributed by atoms with Crippen molar-refractivity contribution in [3.63, 3.8) is 0 Å². The van der Waals surface area contributed by atoms with Crippen LogP contribution in [-0.2, 0) is 11.3 Å². The highest BCUT2D eigenvalue weighted by molar-refractivity contribution is 5.82. The summed E-state index contributed by atoms with van der Waals surface area (Å²) in [6, 6.07) is 10.1. The van der Waals surface area contributed by atoms with Gasteiger partial charge in [-0.1, -0.05) is 24.3 Å². The standard InChI is InChI=1S/C19H22N4O2/c24-17-9-13(12-23(17)16-6-7-16)10-21-19(25)22-11-15-4-1-3-14-5-2-8-20-18(14)15/h1-5,8,13,16H,6-7,9-12H2,(H2,21,22,25)/t13-/m0/s1. The van der Waals surface area contributed by atoms with Gasteiger partial charge in [0.2, 0.25) is 5.91 Å². The van der Waals surface area contributed by atoms with Gasteiger partial charge in [-0.2, -0.15) is 0 Å². The third-order valence-electron chi connectivity index (χ3n) is 4.93. The average Bonchev–Trinajstić information content (AvgIpc) is 3.41. The van der Waals surface area contributed by atoms with Crippen molar-refractivity contribution in [2.75, 3.05) is 13.1 Å². The maximum atomic E-state index is 12.1. The quantitative estimate of drug-likeness (QED) is 0.876. The van der Waals surface area contributed by atoms with Crippen LogP contribution < -0.4 is 10.6 Å². The number of carbonyl (C=O) groups excluding carboxylic acids is 2. The molecule has 0 unspecified atom stereocenters. The zero-order valence-corrected chi connectivity index (χ0v) is 14.1. The number of likely N-dealkylation sites (tertiary alicyclic amines) is 1. The van der Waals surface area contributed by atoms with E-state index in [1.165, 1.54) is 0 Å². The summed E-state index contributed by atoms with van der Waals surface area (Å²) in [5.41, 5.74) is 1.90. The Morgan fingerprint density at radius 1 is 1.20 bits per heavy atom. The first-order valence-corrected chi connectivity index (χ1v) is 8.84. The van der Waals surface area contributed by atoms with Crippen molar-refractivity contribution in [1.29, 1.82) is 0 Å². The van der Waals surface area contributed by atoms with E-state index in [0.29, 0.717) is 25.6 Å². The minimum Gasteiger partial charge on any atom is -0.339 e. The Kier molecular flexibility index (Phi) is 4.26. The Bertz CT molecular complexity index is 798. The third kappa shape index (κ3) is 3.57. The first-order valence-electron chi connectivity index (χ1n) is 8.84. The van der Waals surface area contributed by atoms with E-state index in [4.69, 9.17) is 0 Å². The molecule has 2 aromatic rings. The first kappa shape index (κ1) is 15.9. The molecule has 3 amide bonds. The number of urea groups is 1. The Morgan fingerprint density at radius 3 is 2.88 bits per heavy atom. The van der Waals surface area contributed by atoms with E-state index in [-0.39, 0.29) is 17.9 Å². The minimum atomic E-state index is -0.203. The molecule has 2 aliphatic rings. The van der Waals surface area contributed by atoms with Crippen LogP contribution in [0.25, 0.3) is 10.9 Å². The van der Waals surface area contributed by atoms with Gasteiger partial charge < -0.3 is 15.5 Å². The SMILES string of the molecule is O=C(NCc1cccc2cccnc12)NC[C@@H]1CC(=O)N(C2CC2)C1. The number of pyridine rings is 1. The largest absolute Gasteiger partial charge is 0.339 e. The van der Waals surface area contributed by atoms with Gasteiger partial charge in [-0.15, -0.1) is 0 Å². The summed E-state index contributed by atoms with van der Waals surface area (Å²) in [6.45, 7) is 1.74. The number of fused-ring (bicyclic) bond motifs is 1. The highest BCUT2D eigenvalue weighted by Crippen LogP contribution is 2.32. The maximum absolute atomic E-state index is 12.1. The number of amides is 3. The van der Waals surface area contributed by atoms with Crippen molar-refractivity contribution in [3.05, 3.63) is 42.1 Å². The predicted octanol–water partition coefficient (Wildman–Crippen LogP) is 2.04. The van der Waals surface area contributed by atoms with Crippen LogP contribution in [0.15, 0.2) is 36.5 Å². The van der Waals surface area contributed by atoms with Crippen LogP contribution in [0.4, 0.5) is 4.79 Å². The molecule has 2 heterocycles. The van der Waals surface area contributed by atoms with Gasteiger partial charge in [-0.25, -0.2) is 4.79 Å². The van der Waals surface area contributed by atoms with Gasteiger partial charge >= 0.3 is 6.03 Å². The molecular weight excluding hydrogens is 316 g/mol. The normalized spacial score (nSPS) is 20.1. The second-order valence-electron chi connectivity index (χ2n) is 6.90. The molecule has 6 nitrogen and oxygen atoms in total. The van der Waals surface area contributed by atoms with Gasteiger partial charge in [-0.3, -0.25) is 9.78 Å². The van der Waals surface area contributed by atoms with Gasteiger partial charge in [0.15, 0.2) is 0 Å². The molecule has 2 N–H and O–H groups in total. The van der Waals surface area contributed by atoms with Crippen molar-refractivity contribution in [2.24, 2.45) is 5.92 Å². The second-order valence-corrected chi connectivity index (χ2v) is 6.90. The van der Waals surface area contributed by atoms with Gasteiger partial charge in [0, 0.05) is 49.6 Å². The molecule has 0 bridgehead atoms. The number of benzene rings is 1. The Hall–Kier alpha value is -2.63. The van der Waals surface area contributed by atoms with E-state index in [9.17, 15) is 9.59 Å². The lowest BCUT2D eigenvalue weighted by molar-refractivity contribution is -0.128. The molecule has 2 fully saturated rings. The van der Waals surface area contributed by atoms with Crippen LogP contribution in [-0.4, -0.2) is 41.0 Å². The summed E-state index contributed by atoms with van der Waals surface area (Å²) in [5.74, 6) is 0.453. The zero-order chi connectivity index (χ0) is 17.2. The van der Waals surface area contributed by atoms with Crippen LogP contribution in [0.5, 0.6) is 0 Å². The van der Waals surface area contributed by atoms with Crippen molar-refractivity contribution >= 4 is 22.8 Å². The van der Waals surface area contributed by atoms with Gasteiger partial charge in [-0.05, 0) is 24.5 Å². The summed E-state index contributed by atoms with van der Waals surface area (Å²) in [6.07, 6.45) is 4.57. The molecule has 0 spiro atoms. The number of nitrogens with one attached hydrogen (secondary N) is 2. The number of hydrogen-bond acceptors (Lipinski definition) is 3. The summed E-state index contributed by atoms with van der Waals surface area (Å²) in [4.78, 5) is 30.4. The fraction of sp³-hybridized carbons (Fsp3) is 0.421. The molecule has 1 atom stereocenters. The van der Waals surface area contributed by atoms with E-state index >= 15 is 0 Å². The number of rotatable bonds is 5. The maximum Gasteiger partial charge on any atom is 0.315 e. The molecule has 6 heteroatoms. The third-order valence-corrected chi connectivity index (χ3v) is 4.93. The molecule has 4 rings (SSSR count). The summed E-state index contributed by atoms with van der Waals surface area (Å²) < 4.78 is 0. The van der Waals surface area contributed by atoms with Crippen molar-refractivity contribution in [3.8, 4) is 0 Å². The number of nitrogens with zero attached hydrogens (tertiary/aromatic N) is 2. The van der Waals surface area contributed by atoms with Crippen molar-refractivity contribution in [1.82, 2.24) is 20.5 Å². The Labute approximate surface area is 146 Å². The predicted molar refractivity (Wildman–Crippen MR) is 94.8 cm³/mol. The smallest absolute Gasteiger partial charge is 0.315 e. The van der Waals surface area contributed by atoms with Gasteiger partial charge in [0.1, 0.15) is 0 Å². The van der Waals surface area contributed by atoms with Crippen LogP contribution in [0.2, 0.25) is 0 Å². The van der Waals surface area contributed by atoms with Crippen LogP contribution in [0, 0.1) is 5.92 Å². The fourth-order valence-corrected chi connectivity index (χ4v) is 3.47. The monoisotopic (exact) mass is 338 g/mol. The van der Waals surface area contributed by atoms with Crippen LogP contribution in [0.3, 0.4) is 0 Å². The number of para-hydroxylation sites is 1. The lowest BCUT2D eigenvalue weighted by Gasteiger charge is -2.16. The number of aromatic nitrogens is 1. The van der Waals surface area contributed by atoms with Gasteiger partial charge in [0.25, 0.3) is 0 Å². The fourth-order valence-electron chi connectivity index (χ4n) is 3.47. The van der Waals surface area contributed by atoms with E-state index in [0.717, 1.165) is 35.9 Å². The lowest BCUT2D eigenvalue weighted by atomic mass is 10.1. The topological polar surface area (TPSA) is 74.3 Å². The highest BCUT2D eigenvalue weighted by atomic mass is 16.2. The molecule has 1 aromatic heterocycles. The van der Waals surface area contributed by atoms with E-state index in [2.05, 4.69) is 15.6 Å². The van der Waals surface area contributed by atoms with E-state index < -0.39 is 0 Å². The number of carbonyl (C=O) groups is 2. The Morgan fingerprint density at radius 2 is 2.04 bits per heavy atom. The molecule has 0 radical (unpaired) electrons. The Balaban J connectivity index is 1.27.